The highest BCUT2D eigenvalue weighted by molar-refractivity contribution is 14.1. The molecule has 12 nitrogen and oxygen atoms in total. The van der Waals surface area contributed by atoms with E-state index in [1.54, 1.807) is 22.9 Å². The summed E-state index contributed by atoms with van der Waals surface area (Å²) >= 11 is 2.00. The number of anilines is 1. The van der Waals surface area contributed by atoms with Gasteiger partial charge in [-0.3, -0.25) is 19.9 Å². The summed E-state index contributed by atoms with van der Waals surface area (Å²) in [5.41, 5.74) is 6.26. The van der Waals surface area contributed by atoms with E-state index >= 15 is 0 Å². The summed E-state index contributed by atoms with van der Waals surface area (Å²) in [5.74, 6) is -0.806. The van der Waals surface area contributed by atoms with Gasteiger partial charge in [0.2, 0.25) is 5.95 Å². The smallest absolute Gasteiger partial charge is 0.276 e. The number of H-pyrrole nitrogens is 1. The van der Waals surface area contributed by atoms with Gasteiger partial charge in [0.25, 0.3) is 11.2 Å². The molecule has 1 aliphatic heterocycles. The standard InChI is InChI=1S/C19H21IN5O7P/c20-9-1-2-10(11(3-9)25(29)30)18(33)31-7-8-5-24(14-4-12(27)13(6-26)32-14)16-15(8)17(28)23-19(21)22-16/h1-3,5,12-14,18,26-27H,4,6-7,33H2,(H3,21,22,23,28)/t12?,13-,14-,18-/m1/s1. The lowest BCUT2D eigenvalue weighted by Gasteiger charge is -2.14. The van der Waals surface area contributed by atoms with E-state index in [0.29, 0.717) is 11.1 Å². The first-order chi connectivity index (χ1) is 15.7. The number of nitrogens with zero attached hydrogens (tertiary/aromatic N) is 3. The van der Waals surface area contributed by atoms with Crippen molar-refractivity contribution in [2.24, 2.45) is 0 Å². The predicted octanol–water partition coefficient (Wildman–Crippen LogP) is 1.55. The number of nitro benzene ring substituents is 1. The third-order valence-electron chi connectivity index (χ3n) is 5.39. The second-order valence-electron chi connectivity index (χ2n) is 7.52. The fraction of sp³-hybridized carbons (Fsp3) is 0.368. The number of nitrogens with one attached hydrogen (secondary N) is 1. The van der Waals surface area contributed by atoms with E-state index in [9.17, 15) is 25.1 Å². The fourth-order valence-electron chi connectivity index (χ4n) is 3.81. The zero-order valence-electron chi connectivity index (χ0n) is 17.1. The lowest BCUT2D eigenvalue weighted by Crippen LogP contribution is -2.24. The summed E-state index contributed by atoms with van der Waals surface area (Å²) in [6, 6.07) is 4.82. The number of nitrogen functional groups attached to an aromatic ring is 1. The minimum Gasteiger partial charge on any atom is -0.394 e. The molecule has 0 spiro atoms. The molecule has 0 saturated carbocycles. The molecule has 5 N–H and O–H groups in total. The lowest BCUT2D eigenvalue weighted by molar-refractivity contribution is -0.386. The van der Waals surface area contributed by atoms with E-state index in [0.717, 1.165) is 3.57 Å². The zero-order chi connectivity index (χ0) is 23.9. The molecule has 2 aromatic heterocycles. The number of rotatable bonds is 7. The topological polar surface area (TPSA) is 179 Å². The average Bonchev–Trinajstić information content (AvgIpc) is 3.31. The van der Waals surface area contributed by atoms with Crippen LogP contribution in [0.1, 0.15) is 29.6 Å². The highest BCUT2D eigenvalue weighted by atomic mass is 127. The van der Waals surface area contributed by atoms with Crippen LogP contribution in [-0.4, -0.2) is 48.5 Å². The van der Waals surface area contributed by atoms with E-state index in [1.807, 2.05) is 22.6 Å². The molecule has 2 unspecified atom stereocenters. The summed E-state index contributed by atoms with van der Waals surface area (Å²) in [7, 11) is 2.42. The molecular formula is C19H21IN5O7P. The largest absolute Gasteiger partial charge is 0.394 e. The summed E-state index contributed by atoms with van der Waals surface area (Å²) in [6.45, 7) is -0.416. The van der Waals surface area contributed by atoms with E-state index in [-0.39, 0.29) is 42.3 Å². The molecule has 1 saturated heterocycles. The van der Waals surface area contributed by atoms with Crippen molar-refractivity contribution in [1.82, 2.24) is 14.5 Å². The Labute approximate surface area is 202 Å². The van der Waals surface area contributed by atoms with E-state index in [4.69, 9.17) is 15.2 Å². The molecule has 4 rings (SSSR count). The van der Waals surface area contributed by atoms with Gasteiger partial charge in [0.05, 0.1) is 35.2 Å². The monoisotopic (exact) mass is 589 g/mol. The van der Waals surface area contributed by atoms with Crippen LogP contribution in [-0.2, 0) is 16.1 Å². The number of aromatic nitrogens is 3. The van der Waals surface area contributed by atoms with Gasteiger partial charge < -0.3 is 30.0 Å². The minimum absolute atomic E-state index is 0.0613. The van der Waals surface area contributed by atoms with Crippen LogP contribution < -0.4 is 11.3 Å². The number of nitrogens with two attached hydrogens (primary N) is 1. The van der Waals surface area contributed by atoms with Crippen LogP contribution >= 0.6 is 31.8 Å². The van der Waals surface area contributed by atoms with Crippen molar-refractivity contribution in [3.05, 3.63) is 59.6 Å². The van der Waals surface area contributed by atoms with Crippen molar-refractivity contribution in [2.75, 3.05) is 12.3 Å². The Morgan fingerprint density at radius 1 is 1.52 bits per heavy atom. The molecule has 14 heteroatoms. The number of hydrogen-bond donors (Lipinski definition) is 4. The van der Waals surface area contributed by atoms with Crippen LogP contribution in [0.3, 0.4) is 0 Å². The van der Waals surface area contributed by atoms with Crippen molar-refractivity contribution in [2.45, 2.75) is 37.3 Å². The van der Waals surface area contributed by atoms with E-state index in [2.05, 4.69) is 19.2 Å². The lowest BCUT2D eigenvalue weighted by atomic mass is 10.2. The molecule has 5 atom stereocenters. The summed E-state index contributed by atoms with van der Waals surface area (Å²) in [6.07, 6.45) is -0.515. The van der Waals surface area contributed by atoms with Crippen LogP contribution in [0.4, 0.5) is 11.6 Å². The molecular weight excluding hydrogens is 568 g/mol. The van der Waals surface area contributed by atoms with Crippen molar-refractivity contribution in [1.29, 1.82) is 0 Å². The molecule has 0 radical (unpaired) electrons. The van der Waals surface area contributed by atoms with Crippen LogP contribution in [0.2, 0.25) is 0 Å². The van der Waals surface area contributed by atoms with Crippen molar-refractivity contribution < 1.29 is 24.6 Å². The predicted molar refractivity (Wildman–Crippen MR) is 129 cm³/mol. The van der Waals surface area contributed by atoms with Crippen LogP contribution in [0.5, 0.6) is 0 Å². The molecule has 1 fully saturated rings. The highest BCUT2D eigenvalue weighted by Crippen LogP contribution is 2.36. The van der Waals surface area contributed by atoms with Gasteiger partial charge in [-0.25, -0.2) is 0 Å². The summed E-state index contributed by atoms with van der Waals surface area (Å²) in [4.78, 5) is 30.3. The minimum atomic E-state index is -0.880. The van der Waals surface area contributed by atoms with E-state index in [1.165, 1.54) is 6.07 Å². The number of benzene rings is 1. The molecule has 176 valence electrons. The average molecular weight is 589 g/mol. The number of aliphatic hydroxyl groups excluding tert-OH is 2. The van der Waals surface area contributed by atoms with Gasteiger partial charge in [-0.05, 0) is 34.7 Å². The van der Waals surface area contributed by atoms with Gasteiger partial charge in [-0.15, -0.1) is 9.24 Å². The molecule has 3 heterocycles. The van der Waals surface area contributed by atoms with E-state index < -0.39 is 34.8 Å². The Morgan fingerprint density at radius 2 is 2.27 bits per heavy atom. The molecule has 0 bridgehead atoms. The van der Waals surface area contributed by atoms with Crippen LogP contribution in [0.15, 0.2) is 29.2 Å². The maximum atomic E-state index is 12.7. The van der Waals surface area contributed by atoms with Crippen molar-refractivity contribution >= 4 is 54.5 Å². The number of nitro groups is 1. The first-order valence-corrected chi connectivity index (χ1v) is 11.6. The number of aliphatic hydroxyl groups is 2. The molecule has 0 amide bonds. The number of fused-ring (bicyclic) bond motifs is 1. The van der Waals surface area contributed by atoms with Gasteiger partial charge in [-0.1, -0.05) is 0 Å². The summed E-state index contributed by atoms with van der Waals surface area (Å²) in [5, 5.41) is 31.2. The quantitative estimate of drug-likeness (QED) is 0.138. The third-order valence-corrected chi connectivity index (χ3v) is 6.61. The second-order valence-corrected chi connectivity index (χ2v) is 9.37. The number of hydrogen-bond acceptors (Lipinski definition) is 9. The Hall–Kier alpha value is -2.16. The Kier molecular flexibility index (Phi) is 6.98. The SMILES string of the molecule is Nc1nc2c(c(CO[C@H](P)c3ccc(I)cc3[N+](=O)[O-])cn2[C@H]2CC(O)[C@@H](CO)O2)c(=O)[nH]1. The highest BCUT2D eigenvalue weighted by Gasteiger charge is 2.36. The molecule has 1 aliphatic rings. The number of ether oxygens (including phenoxy) is 2. The zero-order valence-corrected chi connectivity index (χ0v) is 20.4. The summed E-state index contributed by atoms with van der Waals surface area (Å²) < 4.78 is 13.9. The first-order valence-electron chi connectivity index (χ1n) is 9.84. The van der Waals surface area contributed by atoms with Crippen LogP contribution in [0.25, 0.3) is 11.0 Å². The Bertz CT molecular complexity index is 1270. The molecule has 33 heavy (non-hydrogen) atoms. The van der Waals surface area contributed by atoms with Gasteiger partial charge in [0.1, 0.15) is 18.2 Å². The van der Waals surface area contributed by atoms with Crippen LogP contribution in [0, 0.1) is 13.7 Å². The maximum absolute atomic E-state index is 12.7. The van der Waals surface area contributed by atoms with Gasteiger partial charge in [0, 0.05) is 27.8 Å². The Morgan fingerprint density at radius 3 is 2.94 bits per heavy atom. The molecule has 0 aliphatic carbocycles. The maximum Gasteiger partial charge on any atom is 0.276 e. The van der Waals surface area contributed by atoms with Crippen molar-refractivity contribution in [3.63, 3.8) is 0 Å². The first kappa shape index (κ1) is 24.0. The van der Waals surface area contributed by atoms with Crippen molar-refractivity contribution in [3.8, 4) is 0 Å². The third kappa shape index (κ3) is 4.74. The van der Waals surface area contributed by atoms with Gasteiger partial charge in [0.15, 0.2) is 5.65 Å². The normalized spacial score (nSPS) is 21.5. The molecule has 1 aromatic carbocycles. The van der Waals surface area contributed by atoms with Gasteiger partial charge >= 0.3 is 0 Å². The molecule has 3 aromatic rings. The number of aromatic amines is 1. The second kappa shape index (κ2) is 9.60. The number of halogens is 1. The van der Waals surface area contributed by atoms with Gasteiger partial charge in [-0.2, -0.15) is 4.98 Å². The Balaban J connectivity index is 1.66. The fourth-order valence-corrected chi connectivity index (χ4v) is 4.67.